The van der Waals surface area contributed by atoms with Crippen molar-refractivity contribution in [3.05, 3.63) is 54.1 Å². The summed E-state index contributed by atoms with van der Waals surface area (Å²) in [6.45, 7) is 2.80. The van der Waals surface area contributed by atoms with E-state index in [1.807, 2.05) is 6.92 Å². The van der Waals surface area contributed by atoms with Crippen LogP contribution in [0.2, 0.25) is 0 Å². The van der Waals surface area contributed by atoms with Crippen LogP contribution in [-0.4, -0.2) is 37.6 Å². The maximum atomic E-state index is 12.5. The monoisotopic (exact) mass is 363 g/mol. The van der Waals surface area contributed by atoms with E-state index in [0.717, 1.165) is 12.8 Å². The number of carbonyl (C=O) groups excluding carboxylic acids is 2. The highest BCUT2D eigenvalue weighted by atomic mass is 32.2. The Morgan fingerprint density at radius 3 is 2.52 bits per heavy atom. The molecule has 0 aromatic heterocycles. The predicted molar refractivity (Wildman–Crippen MR) is 94.0 cm³/mol. The van der Waals surface area contributed by atoms with Crippen LogP contribution in [0.4, 0.5) is 0 Å². The highest BCUT2D eigenvalue weighted by Crippen LogP contribution is 2.21. The van der Waals surface area contributed by atoms with Crippen molar-refractivity contribution in [2.45, 2.75) is 24.7 Å². The van der Waals surface area contributed by atoms with Crippen LogP contribution in [0.5, 0.6) is 0 Å². The average molecular weight is 363 g/mol. The van der Waals surface area contributed by atoms with E-state index in [2.05, 4.69) is 10.9 Å². The lowest BCUT2D eigenvalue weighted by molar-refractivity contribution is -0.117. The third-order valence-corrected chi connectivity index (χ3v) is 5.54. The van der Waals surface area contributed by atoms with Gasteiger partial charge in [-0.1, -0.05) is 24.3 Å². The zero-order valence-corrected chi connectivity index (χ0v) is 14.8. The minimum absolute atomic E-state index is 0.0707. The number of hydrogen-bond donors (Lipinski definition) is 2. The molecule has 0 aliphatic carbocycles. The molecule has 1 aromatic rings. The van der Waals surface area contributed by atoms with Gasteiger partial charge in [0.15, 0.2) is 0 Å². The number of benzene rings is 1. The summed E-state index contributed by atoms with van der Waals surface area (Å²) >= 11 is 0. The quantitative estimate of drug-likeness (QED) is 0.469. The molecule has 0 radical (unpaired) electrons. The summed E-state index contributed by atoms with van der Waals surface area (Å²) in [6, 6.07) is 5.76. The van der Waals surface area contributed by atoms with E-state index in [9.17, 15) is 18.0 Å². The Morgan fingerprint density at radius 2 is 1.84 bits per heavy atom. The molecule has 2 rings (SSSR count). The Balaban J connectivity index is 2.05. The first-order chi connectivity index (χ1) is 11.9. The summed E-state index contributed by atoms with van der Waals surface area (Å²) in [6.07, 6.45) is 7.90. The van der Waals surface area contributed by atoms with E-state index in [-0.39, 0.29) is 10.5 Å². The molecule has 0 spiro atoms. The zero-order valence-electron chi connectivity index (χ0n) is 13.9. The maximum Gasteiger partial charge on any atom is 0.269 e. The van der Waals surface area contributed by atoms with Gasteiger partial charge < -0.3 is 0 Å². The fraction of sp³-hybridized carbons (Fsp3) is 0.294. The Bertz CT molecular complexity index is 794. The number of nitrogens with zero attached hydrogens (tertiary/aromatic N) is 1. The molecular formula is C17H21N3O4S. The number of hydrazine groups is 1. The Labute approximate surface area is 147 Å². The summed E-state index contributed by atoms with van der Waals surface area (Å²) in [5, 5.41) is 0. The molecule has 1 aliphatic heterocycles. The van der Waals surface area contributed by atoms with Crippen LogP contribution in [0.3, 0.4) is 0 Å². The molecule has 0 saturated carbocycles. The Morgan fingerprint density at radius 1 is 1.12 bits per heavy atom. The molecule has 1 aromatic carbocycles. The number of carbonyl (C=O) groups is 2. The van der Waals surface area contributed by atoms with Crippen molar-refractivity contribution < 1.29 is 18.0 Å². The van der Waals surface area contributed by atoms with Crippen LogP contribution in [0.1, 0.15) is 30.1 Å². The van der Waals surface area contributed by atoms with Crippen molar-refractivity contribution in [2.24, 2.45) is 0 Å². The lowest BCUT2D eigenvalue weighted by atomic mass is 10.2. The van der Waals surface area contributed by atoms with E-state index < -0.39 is 21.8 Å². The van der Waals surface area contributed by atoms with E-state index in [4.69, 9.17) is 0 Å². The van der Waals surface area contributed by atoms with E-state index in [1.54, 1.807) is 12.2 Å². The molecule has 1 heterocycles. The van der Waals surface area contributed by atoms with Crippen molar-refractivity contribution in [3.63, 3.8) is 0 Å². The second kappa shape index (κ2) is 8.59. The number of allylic oxidation sites excluding steroid dienone is 3. The lowest BCUT2D eigenvalue weighted by Gasteiger charge is -2.16. The molecule has 8 heteroatoms. The second-order valence-corrected chi connectivity index (χ2v) is 7.41. The highest BCUT2D eigenvalue weighted by molar-refractivity contribution is 7.89. The summed E-state index contributed by atoms with van der Waals surface area (Å²) in [5.74, 6) is -1.08. The first-order valence-electron chi connectivity index (χ1n) is 7.95. The smallest absolute Gasteiger partial charge is 0.268 e. The van der Waals surface area contributed by atoms with Crippen LogP contribution >= 0.6 is 0 Å². The Hall–Kier alpha value is -2.45. The van der Waals surface area contributed by atoms with Gasteiger partial charge in [0.25, 0.3) is 11.8 Å². The number of nitrogens with one attached hydrogen (secondary N) is 2. The van der Waals surface area contributed by atoms with Crippen molar-refractivity contribution in [3.8, 4) is 0 Å². The normalized spacial score (nSPS) is 15.7. The van der Waals surface area contributed by atoms with Gasteiger partial charge >= 0.3 is 0 Å². The number of sulfonamides is 1. The molecule has 2 amide bonds. The van der Waals surface area contributed by atoms with Crippen LogP contribution in [0.25, 0.3) is 0 Å². The highest BCUT2D eigenvalue weighted by Gasteiger charge is 2.27. The van der Waals surface area contributed by atoms with E-state index >= 15 is 0 Å². The Kier molecular flexibility index (Phi) is 6.49. The molecule has 25 heavy (non-hydrogen) atoms. The van der Waals surface area contributed by atoms with Gasteiger partial charge in [-0.05, 0) is 38.0 Å². The number of hydrogen-bond acceptors (Lipinski definition) is 4. The minimum atomic E-state index is -3.59. The molecule has 134 valence electrons. The summed E-state index contributed by atoms with van der Waals surface area (Å²) < 4.78 is 26.5. The third-order valence-electron chi connectivity index (χ3n) is 3.65. The molecular weight excluding hydrogens is 342 g/mol. The fourth-order valence-electron chi connectivity index (χ4n) is 2.36. The summed E-state index contributed by atoms with van der Waals surface area (Å²) in [4.78, 5) is 23.7. The van der Waals surface area contributed by atoms with Gasteiger partial charge in [-0.3, -0.25) is 20.4 Å². The van der Waals surface area contributed by atoms with Crippen molar-refractivity contribution >= 4 is 21.8 Å². The topological polar surface area (TPSA) is 95.6 Å². The van der Waals surface area contributed by atoms with Gasteiger partial charge in [-0.15, -0.1) is 0 Å². The van der Waals surface area contributed by atoms with Gasteiger partial charge in [0.1, 0.15) is 0 Å². The van der Waals surface area contributed by atoms with Crippen LogP contribution in [0.15, 0.2) is 53.5 Å². The molecule has 1 fully saturated rings. The molecule has 0 atom stereocenters. The SMILES string of the molecule is C/C=C/C=C/C(=O)NNC(=O)c1cccc(S(=O)(=O)N2CCCC2)c1. The zero-order chi connectivity index (χ0) is 18.3. The molecule has 7 nitrogen and oxygen atoms in total. The summed E-state index contributed by atoms with van der Waals surface area (Å²) in [5.41, 5.74) is 4.64. The van der Waals surface area contributed by atoms with Gasteiger partial charge in [0, 0.05) is 24.7 Å². The fourth-order valence-corrected chi connectivity index (χ4v) is 3.93. The number of amides is 2. The lowest BCUT2D eigenvalue weighted by Crippen LogP contribution is -2.40. The molecule has 2 N–H and O–H groups in total. The molecule has 0 unspecified atom stereocenters. The number of rotatable bonds is 5. The average Bonchev–Trinajstić information content (AvgIpc) is 3.15. The van der Waals surface area contributed by atoms with Crippen LogP contribution < -0.4 is 10.9 Å². The van der Waals surface area contributed by atoms with Crippen molar-refractivity contribution in [1.82, 2.24) is 15.2 Å². The van der Waals surface area contributed by atoms with Gasteiger partial charge in [0.05, 0.1) is 4.90 Å². The third kappa shape index (κ3) is 5.01. The maximum absolute atomic E-state index is 12.5. The second-order valence-electron chi connectivity index (χ2n) is 5.47. The van der Waals surface area contributed by atoms with E-state index in [0.29, 0.717) is 13.1 Å². The van der Waals surface area contributed by atoms with Gasteiger partial charge in [-0.2, -0.15) is 4.31 Å². The summed E-state index contributed by atoms with van der Waals surface area (Å²) in [7, 11) is -3.59. The minimum Gasteiger partial charge on any atom is -0.268 e. The van der Waals surface area contributed by atoms with Crippen LogP contribution in [-0.2, 0) is 14.8 Å². The van der Waals surface area contributed by atoms with Gasteiger partial charge in [0.2, 0.25) is 10.0 Å². The first kappa shape index (κ1) is 18.9. The standard InChI is InChI=1S/C17H21N3O4S/c1-2-3-4-10-16(21)18-19-17(22)14-8-7-9-15(13-14)25(23,24)20-11-5-6-12-20/h2-4,7-10,13H,5-6,11-12H2,1H3,(H,18,21)(H,19,22)/b3-2+,10-4+. The van der Waals surface area contributed by atoms with Gasteiger partial charge in [-0.25, -0.2) is 8.42 Å². The molecule has 1 aliphatic rings. The van der Waals surface area contributed by atoms with Crippen LogP contribution in [0, 0.1) is 0 Å². The van der Waals surface area contributed by atoms with Crippen molar-refractivity contribution in [2.75, 3.05) is 13.1 Å². The largest absolute Gasteiger partial charge is 0.269 e. The molecule has 0 bridgehead atoms. The van der Waals surface area contributed by atoms with E-state index in [1.165, 1.54) is 40.7 Å². The first-order valence-corrected chi connectivity index (χ1v) is 9.39. The molecule has 1 saturated heterocycles. The predicted octanol–water partition coefficient (Wildman–Crippen LogP) is 1.36. The van der Waals surface area contributed by atoms with Crippen molar-refractivity contribution in [1.29, 1.82) is 0 Å².